The highest BCUT2D eigenvalue weighted by Gasteiger charge is 2.29. The van der Waals surface area contributed by atoms with E-state index in [1.54, 1.807) is 6.08 Å². The zero-order valence-corrected chi connectivity index (χ0v) is 17.8. The highest BCUT2D eigenvalue weighted by atomic mass is 16.4. The van der Waals surface area contributed by atoms with Crippen LogP contribution in [0.4, 0.5) is 17.1 Å². The van der Waals surface area contributed by atoms with Gasteiger partial charge in [-0.05, 0) is 55.7 Å². The zero-order valence-electron chi connectivity index (χ0n) is 17.8. The van der Waals surface area contributed by atoms with Crippen LogP contribution in [0.15, 0.2) is 60.7 Å². The number of rotatable bonds is 5. The van der Waals surface area contributed by atoms with Gasteiger partial charge in [-0.15, -0.1) is 0 Å². The van der Waals surface area contributed by atoms with E-state index in [0.717, 1.165) is 31.9 Å². The number of para-hydroxylation sites is 1. The molecule has 0 aromatic heterocycles. The number of aliphatic carboxylic acids is 1. The molecule has 4 rings (SSSR count). The maximum Gasteiger partial charge on any atom is 0.228 e. The lowest BCUT2D eigenvalue weighted by Crippen LogP contribution is -2.46. The number of allylic oxidation sites excluding steroid dienone is 2. The maximum atomic E-state index is 12.6. The van der Waals surface area contributed by atoms with Crippen LogP contribution >= 0.6 is 0 Å². The number of amides is 1. The Morgan fingerprint density at radius 1 is 0.871 bits per heavy atom. The fourth-order valence-corrected chi connectivity index (χ4v) is 4.48. The van der Waals surface area contributed by atoms with Gasteiger partial charge in [0.25, 0.3) is 0 Å². The van der Waals surface area contributed by atoms with Gasteiger partial charge >= 0.3 is 0 Å². The number of carbonyl (C=O) groups is 2. The average molecular weight is 419 g/mol. The Kier molecular flexibility index (Phi) is 6.26. The molecule has 0 saturated carbocycles. The van der Waals surface area contributed by atoms with Crippen molar-refractivity contribution in [1.82, 2.24) is 0 Å². The minimum Gasteiger partial charge on any atom is -0.550 e. The van der Waals surface area contributed by atoms with Crippen LogP contribution in [0.1, 0.15) is 18.4 Å². The van der Waals surface area contributed by atoms with Crippen molar-refractivity contribution in [3.8, 4) is 0 Å². The van der Waals surface area contributed by atoms with Gasteiger partial charge in [-0.3, -0.25) is 4.79 Å². The van der Waals surface area contributed by atoms with E-state index in [9.17, 15) is 14.7 Å². The standard InChI is InChI=1S/C25H29N3O3/c1-18-6-2-5-9-23(18)28-16-14-27(15-17-28)20-12-10-19(11-13-20)26-24(29)21-7-3-4-8-22(21)25(30)31/h2-6,9-13,21-22H,7-8,14-17H2,1H3,(H,26,29)(H,30,31)/p-1. The van der Waals surface area contributed by atoms with Crippen LogP contribution < -0.4 is 20.2 Å². The summed E-state index contributed by atoms with van der Waals surface area (Å²) in [6.07, 6.45) is 4.43. The second-order valence-corrected chi connectivity index (χ2v) is 8.27. The summed E-state index contributed by atoms with van der Waals surface area (Å²) in [5, 5.41) is 14.2. The first-order valence-electron chi connectivity index (χ1n) is 10.9. The Labute approximate surface area is 183 Å². The summed E-state index contributed by atoms with van der Waals surface area (Å²) in [5.74, 6) is -2.79. The molecule has 1 N–H and O–H groups in total. The fourth-order valence-electron chi connectivity index (χ4n) is 4.48. The van der Waals surface area contributed by atoms with E-state index in [1.807, 2.05) is 30.3 Å². The van der Waals surface area contributed by atoms with Gasteiger partial charge in [-0.2, -0.15) is 0 Å². The summed E-state index contributed by atoms with van der Waals surface area (Å²) in [7, 11) is 0. The number of benzene rings is 2. The molecule has 2 aromatic rings. The van der Waals surface area contributed by atoms with Crippen LogP contribution in [0, 0.1) is 18.8 Å². The summed E-state index contributed by atoms with van der Waals surface area (Å²) >= 11 is 0. The predicted molar refractivity (Wildman–Crippen MR) is 121 cm³/mol. The van der Waals surface area contributed by atoms with Crippen LogP contribution in [0.3, 0.4) is 0 Å². The minimum absolute atomic E-state index is 0.266. The van der Waals surface area contributed by atoms with E-state index in [2.05, 4.69) is 46.3 Å². The second-order valence-electron chi connectivity index (χ2n) is 8.27. The molecule has 1 amide bonds. The third-order valence-corrected chi connectivity index (χ3v) is 6.31. The predicted octanol–water partition coefficient (Wildman–Crippen LogP) is 2.59. The van der Waals surface area contributed by atoms with Crippen molar-refractivity contribution in [3.63, 3.8) is 0 Å². The van der Waals surface area contributed by atoms with Crippen LogP contribution in [-0.2, 0) is 9.59 Å². The first-order valence-corrected chi connectivity index (χ1v) is 10.9. The molecule has 2 atom stereocenters. The van der Waals surface area contributed by atoms with Gasteiger partial charge in [-0.1, -0.05) is 30.4 Å². The van der Waals surface area contributed by atoms with Gasteiger partial charge < -0.3 is 25.0 Å². The molecular formula is C25H28N3O3-. The van der Waals surface area contributed by atoms with Gasteiger partial charge in [0.15, 0.2) is 0 Å². The molecular weight excluding hydrogens is 390 g/mol. The lowest BCUT2D eigenvalue weighted by Gasteiger charge is -2.38. The highest BCUT2D eigenvalue weighted by Crippen LogP contribution is 2.28. The molecule has 1 aliphatic carbocycles. The largest absolute Gasteiger partial charge is 0.550 e. The summed E-state index contributed by atoms with van der Waals surface area (Å²) < 4.78 is 0. The van der Waals surface area contributed by atoms with E-state index >= 15 is 0 Å². The van der Waals surface area contributed by atoms with Crippen molar-refractivity contribution < 1.29 is 14.7 Å². The molecule has 6 nitrogen and oxygen atoms in total. The SMILES string of the molecule is Cc1ccccc1N1CCN(c2ccc(NC(=O)C3CC=CCC3C(=O)[O-])cc2)CC1. The topological polar surface area (TPSA) is 75.7 Å². The first-order chi connectivity index (χ1) is 15.0. The average Bonchev–Trinajstić information content (AvgIpc) is 2.80. The number of piperazine rings is 1. The number of carbonyl (C=O) groups excluding carboxylic acids is 2. The number of anilines is 3. The Balaban J connectivity index is 1.34. The van der Waals surface area contributed by atoms with Gasteiger partial charge in [0.2, 0.25) is 5.91 Å². The summed E-state index contributed by atoms with van der Waals surface area (Å²) in [6.45, 7) is 5.93. The van der Waals surface area contributed by atoms with Crippen LogP contribution in [0.5, 0.6) is 0 Å². The molecule has 6 heteroatoms. The third-order valence-electron chi connectivity index (χ3n) is 6.31. The highest BCUT2D eigenvalue weighted by molar-refractivity contribution is 5.95. The van der Waals surface area contributed by atoms with Crippen molar-refractivity contribution in [3.05, 3.63) is 66.2 Å². The molecule has 1 aliphatic heterocycles. The van der Waals surface area contributed by atoms with E-state index in [4.69, 9.17) is 0 Å². The van der Waals surface area contributed by atoms with E-state index < -0.39 is 17.8 Å². The molecule has 31 heavy (non-hydrogen) atoms. The number of nitrogens with one attached hydrogen (secondary N) is 1. The van der Waals surface area contributed by atoms with Crippen molar-refractivity contribution >= 4 is 28.9 Å². The van der Waals surface area contributed by atoms with Gasteiger partial charge in [-0.25, -0.2) is 0 Å². The summed E-state index contributed by atoms with van der Waals surface area (Å²) in [6, 6.07) is 16.3. The summed E-state index contributed by atoms with van der Waals surface area (Å²) in [5.41, 5.74) is 4.40. The number of carboxylic acids is 1. The normalized spacial score (nSPS) is 21.1. The van der Waals surface area contributed by atoms with Crippen molar-refractivity contribution in [1.29, 1.82) is 0 Å². The van der Waals surface area contributed by atoms with Gasteiger partial charge in [0, 0.05) is 55.1 Å². The molecule has 2 aromatic carbocycles. The van der Waals surface area contributed by atoms with Crippen LogP contribution in [-0.4, -0.2) is 38.1 Å². The zero-order chi connectivity index (χ0) is 21.8. The van der Waals surface area contributed by atoms with Crippen LogP contribution in [0.2, 0.25) is 0 Å². The van der Waals surface area contributed by atoms with E-state index in [0.29, 0.717) is 18.5 Å². The number of carboxylic acid groups (broad SMARTS) is 1. The molecule has 1 fully saturated rings. The molecule has 0 spiro atoms. The Morgan fingerprint density at radius 3 is 2.13 bits per heavy atom. The van der Waals surface area contributed by atoms with Crippen molar-refractivity contribution in [2.24, 2.45) is 11.8 Å². The van der Waals surface area contributed by atoms with E-state index in [-0.39, 0.29) is 5.91 Å². The lowest BCUT2D eigenvalue weighted by molar-refractivity contribution is -0.313. The molecule has 2 unspecified atom stereocenters. The third kappa shape index (κ3) is 4.74. The van der Waals surface area contributed by atoms with Gasteiger partial charge in [0.1, 0.15) is 0 Å². The smallest absolute Gasteiger partial charge is 0.228 e. The maximum absolute atomic E-state index is 12.6. The fraction of sp³-hybridized carbons (Fsp3) is 0.360. The number of aryl methyl sites for hydroxylation is 1. The Bertz CT molecular complexity index is 962. The Hall–Kier alpha value is -3.28. The lowest BCUT2D eigenvalue weighted by atomic mass is 9.82. The molecule has 0 radical (unpaired) electrons. The van der Waals surface area contributed by atoms with Crippen LogP contribution in [0.25, 0.3) is 0 Å². The second kappa shape index (κ2) is 9.25. The molecule has 1 heterocycles. The van der Waals surface area contributed by atoms with Crippen molar-refractivity contribution in [2.45, 2.75) is 19.8 Å². The molecule has 1 saturated heterocycles. The number of hydrogen-bond donors (Lipinski definition) is 1. The number of hydrogen-bond acceptors (Lipinski definition) is 5. The van der Waals surface area contributed by atoms with Gasteiger partial charge in [0.05, 0.1) is 5.92 Å². The summed E-state index contributed by atoms with van der Waals surface area (Å²) in [4.78, 5) is 28.7. The molecule has 2 aliphatic rings. The minimum atomic E-state index is -1.16. The van der Waals surface area contributed by atoms with Crippen molar-refractivity contribution in [2.75, 3.05) is 41.3 Å². The quantitative estimate of drug-likeness (QED) is 0.756. The first kappa shape index (κ1) is 21.0. The van der Waals surface area contributed by atoms with E-state index in [1.165, 1.54) is 11.3 Å². The molecule has 0 bridgehead atoms. The monoisotopic (exact) mass is 418 g/mol. The molecule has 162 valence electrons. The number of nitrogens with zero attached hydrogens (tertiary/aromatic N) is 2. The Morgan fingerprint density at radius 2 is 1.48 bits per heavy atom.